The van der Waals surface area contributed by atoms with E-state index in [0.29, 0.717) is 37.7 Å². The van der Waals surface area contributed by atoms with Gasteiger partial charge >= 0.3 is 5.97 Å². The smallest absolute Gasteiger partial charge is 0.308 e. The topological polar surface area (TPSA) is 74.3 Å². The Morgan fingerprint density at radius 1 is 1.03 bits per heavy atom. The zero-order chi connectivity index (χ0) is 21.8. The van der Waals surface area contributed by atoms with E-state index in [0.717, 1.165) is 0 Å². The molecule has 1 aliphatic rings. The van der Waals surface area contributed by atoms with Gasteiger partial charge in [-0.3, -0.25) is 14.5 Å². The lowest BCUT2D eigenvalue weighted by Gasteiger charge is -2.15. The highest BCUT2D eigenvalue weighted by molar-refractivity contribution is 8.27. The summed E-state index contributed by atoms with van der Waals surface area (Å²) in [5.41, 5.74) is 1.29. The van der Waals surface area contributed by atoms with Crippen molar-refractivity contribution in [3.05, 3.63) is 46.9 Å². The molecule has 1 fully saturated rings. The van der Waals surface area contributed by atoms with E-state index in [1.807, 2.05) is 0 Å². The Bertz CT molecular complexity index is 1010. The van der Waals surface area contributed by atoms with Crippen LogP contribution >= 0.6 is 24.0 Å². The molecule has 2 aromatic rings. The lowest BCUT2D eigenvalue weighted by atomic mass is 10.1. The second-order valence-electron chi connectivity index (χ2n) is 6.06. The van der Waals surface area contributed by atoms with Crippen LogP contribution in [0, 0.1) is 0 Å². The van der Waals surface area contributed by atoms with E-state index in [1.165, 1.54) is 37.8 Å². The summed E-state index contributed by atoms with van der Waals surface area (Å²) in [4.78, 5) is 26.3. The number of carbonyl (C=O) groups excluding carboxylic acids is 2. The number of rotatable bonds is 6. The monoisotopic (exact) mass is 445 g/mol. The van der Waals surface area contributed by atoms with Crippen molar-refractivity contribution in [2.45, 2.75) is 6.92 Å². The lowest BCUT2D eigenvalue weighted by molar-refractivity contribution is -0.132. The fraction of sp³-hybridized carbons (Fsp3) is 0.190. The summed E-state index contributed by atoms with van der Waals surface area (Å²) < 4.78 is 21.4. The highest BCUT2D eigenvalue weighted by Crippen LogP contribution is 2.41. The van der Waals surface area contributed by atoms with Gasteiger partial charge in [0.05, 0.1) is 31.9 Å². The van der Waals surface area contributed by atoms with Crippen LogP contribution in [0.5, 0.6) is 23.0 Å². The number of nitrogens with zero attached hydrogens (tertiary/aromatic N) is 1. The van der Waals surface area contributed by atoms with Crippen molar-refractivity contribution in [3.63, 3.8) is 0 Å². The highest BCUT2D eigenvalue weighted by Gasteiger charge is 2.33. The number of esters is 1. The molecule has 0 radical (unpaired) electrons. The third-order valence-electron chi connectivity index (χ3n) is 4.15. The molecule has 0 bridgehead atoms. The molecule has 0 aliphatic carbocycles. The van der Waals surface area contributed by atoms with E-state index in [4.69, 9.17) is 31.2 Å². The first-order chi connectivity index (χ1) is 14.4. The van der Waals surface area contributed by atoms with E-state index >= 15 is 0 Å². The summed E-state index contributed by atoms with van der Waals surface area (Å²) in [5, 5.41) is 0. The predicted octanol–water partition coefficient (Wildman–Crippen LogP) is 4.04. The van der Waals surface area contributed by atoms with Crippen molar-refractivity contribution in [3.8, 4) is 23.0 Å². The first-order valence-electron chi connectivity index (χ1n) is 8.74. The normalized spacial score (nSPS) is 14.8. The SMILES string of the molecule is COc1ccc(N2C(=O)/C(=C\c3cc(OC)c(OC(C)=O)c(OC)c3)SC2=S)cc1. The Morgan fingerprint density at radius 2 is 1.63 bits per heavy atom. The van der Waals surface area contributed by atoms with E-state index in [2.05, 4.69) is 0 Å². The van der Waals surface area contributed by atoms with Gasteiger partial charge in [0.25, 0.3) is 5.91 Å². The molecule has 9 heteroatoms. The molecule has 7 nitrogen and oxygen atoms in total. The number of hydrogen-bond donors (Lipinski definition) is 0. The molecule has 156 valence electrons. The van der Waals surface area contributed by atoms with Crippen molar-refractivity contribution in [2.75, 3.05) is 26.2 Å². The van der Waals surface area contributed by atoms with Crippen LogP contribution in [-0.2, 0) is 9.59 Å². The fourth-order valence-corrected chi connectivity index (χ4v) is 4.10. The van der Waals surface area contributed by atoms with Crippen LogP contribution in [0.15, 0.2) is 41.3 Å². The van der Waals surface area contributed by atoms with Crippen LogP contribution in [0.1, 0.15) is 12.5 Å². The van der Waals surface area contributed by atoms with Crippen LogP contribution in [-0.4, -0.2) is 37.5 Å². The molecule has 0 unspecified atom stereocenters. The zero-order valence-electron chi connectivity index (χ0n) is 16.8. The number of methoxy groups -OCH3 is 3. The van der Waals surface area contributed by atoms with Crippen molar-refractivity contribution in [1.29, 1.82) is 0 Å². The van der Waals surface area contributed by atoms with Gasteiger partial charge in [-0.2, -0.15) is 0 Å². The van der Waals surface area contributed by atoms with Gasteiger partial charge in [-0.25, -0.2) is 0 Å². The average molecular weight is 446 g/mol. The molecule has 30 heavy (non-hydrogen) atoms. The van der Waals surface area contributed by atoms with Crippen LogP contribution in [0.3, 0.4) is 0 Å². The van der Waals surface area contributed by atoms with E-state index in [1.54, 1.807) is 49.6 Å². The molecule has 0 N–H and O–H groups in total. The quantitative estimate of drug-likeness (QED) is 0.285. The summed E-state index contributed by atoms with van der Waals surface area (Å²) >= 11 is 6.60. The van der Waals surface area contributed by atoms with Crippen LogP contribution in [0.4, 0.5) is 5.69 Å². The third-order valence-corrected chi connectivity index (χ3v) is 5.45. The summed E-state index contributed by atoms with van der Waals surface area (Å²) in [6, 6.07) is 10.4. The first kappa shape index (κ1) is 21.7. The van der Waals surface area contributed by atoms with Crippen LogP contribution < -0.4 is 23.8 Å². The second kappa shape index (κ2) is 9.19. The molecule has 0 aromatic heterocycles. The molecule has 1 aliphatic heterocycles. The molecule has 3 rings (SSSR count). The second-order valence-corrected chi connectivity index (χ2v) is 7.74. The Balaban J connectivity index is 1.95. The fourth-order valence-electron chi connectivity index (χ4n) is 2.80. The van der Waals surface area contributed by atoms with Gasteiger partial charge in [0.15, 0.2) is 15.8 Å². The minimum Gasteiger partial charge on any atom is -0.497 e. The molecular weight excluding hydrogens is 426 g/mol. The Kier molecular flexibility index (Phi) is 6.63. The molecule has 1 amide bonds. The lowest BCUT2D eigenvalue weighted by Crippen LogP contribution is -2.27. The van der Waals surface area contributed by atoms with Gasteiger partial charge in [0, 0.05) is 6.92 Å². The molecule has 0 atom stereocenters. The van der Waals surface area contributed by atoms with Gasteiger partial charge in [-0.1, -0.05) is 24.0 Å². The number of carbonyl (C=O) groups is 2. The van der Waals surface area contributed by atoms with Gasteiger partial charge in [-0.05, 0) is 48.0 Å². The maximum absolute atomic E-state index is 13.0. The Labute approximate surface area is 183 Å². The van der Waals surface area contributed by atoms with Gasteiger partial charge in [0.2, 0.25) is 5.75 Å². The van der Waals surface area contributed by atoms with Crippen molar-refractivity contribution in [2.24, 2.45) is 0 Å². The molecular formula is C21H19NO6S2. The van der Waals surface area contributed by atoms with E-state index in [-0.39, 0.29) is 11.7 Å². The molecule has 0 saturated carbocycles. The van der Waals surface area contributed by atoms with Crippen LogP contribution in [0.2, 0.25) is 0 Å². The zero-order valence-corrected chi connectivity index (χ0v) is 18.4. The van der Waals surface area contributed by atoms with Crippen molar-refractivity contribution < 1.29 is 28.5 Å². The number of amides is 1. The first-order valence-corrected chi connectivity index (χ1v) is 9.96. The van der Waals surface area contributed by atoms with Crippen molar-refractivity contribution >= 4 is 51.9 Å². The summed E-state index contributed by atoms with van der Waals surface area (Å²) in [6.07, 6.45) is 1.69. The number of ether oxygens (including phenoxy) is 4. The van der Waals surface area contributed by atoms with Gasteiger partial charge < -0.3 is 18.9 Å². The van der Waals surface area contributed by atoms with Gasteiger partial charge in [0.1, 0.15) is 5.75 Å². The number of hydrogen-bond acceptors (Lipinski definition) is 8. The average Bonchev–Trinajstić information content (AvgIpc) is 3.01. The molecule has 0 spiro atoms. The maximum atomic E-state index is 13.0. The number of thioether (sulfide) groups is 1. The standard InChI is InChI=1S/C21H19NO6S2/c1-12(23)28-19-16(26-3)9-13(10-17(19)27-4)11-18-20(24)22(21(29)30-18)14-5-7-15(25-2)8-6-14/h5-11H,1-4H3/b18-11+. The van der Waals surface area contributed by atoms with Gasteiger partial charge in [-0.15, -0.1) is 0 Å². The Hall–Kier alpha value is -3.04. The van der Waals surface area contributed by atoms with E-state index < -0.39 is 5.97 Å². The summed E-state index contributed by atoms with van der Waals surface area (Å²) in [7, 11) is 4.48. The number of benzene rings is 2. The highest BCUT2D eigenvalue weighted by atomic mass is 32.2. The van der Waals surface area contributed by atoms with Crippen LogP contribution in [0.25, 0.3) is 6.08 Å². The maximum Gasteiger partial charge on any atom is 0.308 e. The summed E-state index contributed by atoms with van der Waals surface area (Å²) in [5.74, 6) is 0.738. The predicted molar refractivity (Wildman–Crippen MR) is 120 cm³/mol. The minimum absolute atomic E-state index is 0.176. The third kappa shape index (κ3) is 4.42. The largest absolute Gasteiger partial charge is 0.497 e. The Morgan fingerprint density at radius 3 is 2.13 bits per heavy atom. The number of thiocarbonyl (C=S) groups is 1. The minimum atomic E-state index is -0.500. The molecule has 2 aromatic carbocycles. The number of anilines is 1. The molecule has 1 saturated heterocycles. The molecule has 1 heterocycles. The van der Waals surface area contributed by atoms with E-state index in [9.17, 15) is 9.59 Å². The van der Waals surface area contributed by atoms with Crippen molar-refractivity contribution in [1.82, 2.24) is 0 Å². The summed E-state index contributed by atoms with van der Waals surface area (Å²) in [6.45, 7) is 1.29.